The van der Waals surface area contributed by atoms with Gasteiger partial charge in [0.25, 0.3) is 0 Å². The number of carbonyl (C=O) groups excluding carboxylic acids is 2. The molecule has 0 aliphatic rings. The normalized spacial score (nSPS) is 10.6. The van der Waals surface area contributed by atoms with Crippen molar-refractivity contribution in [3.8, 4) is 5.88 Å². The minimum absolute atomic E-state index is 0.0757. The van der Waals surface area contributed by atoms with Gasteiger partial charge < -0.3 is 10.8 Å². The van der Waals surface area contributed by atoms with Crippen LogP contribution in [0.2, 0.25) is 0 Å². The highest BCUT2D eigenvalue weighted by atomic mass is 16.3. The number of fused-ring (bicyclic) bond motifs is 1. The van der Waals surface area contributed by atoms with E-state index in [0.29, 0.717) is 16.5 Å². The second kappa shape index (κ2) is 3.37. The topological polar surface area (TPSA) is 85.3 Å². The fourth-order valence-electron chi connectivity index (χ4n) is 1.65. The Morgan fingerprint density at radius 2 is 2.00 bits per heavy atom. The fourth-order valence-corrected chi connectivity index (χ4v) is 1.65. The fraction of sp³-hybridized carbons (Fsp3) is 0.0909. The van der Waals surface area contributed by atoms with Crippen molar-refractivity contribution in [2.24, 2.45) is 5.73 Å². The highest BCUT2D eigenvalue weighted by Gasteiger charge is 2.12. The minimum atomic E-state index is -0.761. The summed E-state index contributed by atoms with van der Waals surface area (Å²) < 4.78 is 0.985. The molecule has 1 amide bonds. The summed E-state index contributed by atoms with van der Waals surface area (Å²) in [6.45, 7) is 1.45. The first kappa shape index (κ1) is 10.2. The number of rotatable bonds is 1. The van der Waals surface area contributed by atoms with Crippen LogP contribution >= 0.6 is 0 Å². The summed E-state index contributed by atoms with van der Waals surface area (Å²) in [7, 11) is 0. The lowest BCUT2D eigenvalue weighted by molar-refractivity contribution is 0.101. The van der Waals surface area contributed by atoms with Crippen molar-refractivity contribution in [1.82, 2.24) is 4.57 Å². The third-order valence-corrected chi connectivity index (χ3v) is 2.41. The summed E-state index contributed by atoms with van der Waals surface area (Å²) in [4.78, 5) is 22.2. The van der Waals surface area contributed by atoms with Crippen LogP contribution in [0.1, 0.15) is 17.3 Å². The molecule has 0 radical (unpaired) electrons. The first-order valence-electron chi connectivity index (χ1n) is 4.66. The van der Waals surface area contributed by atoms with Crippen molar-refractivity contribution in [3.05, 3.63) is 29.8 Å². The standard InChI is InChI=1S/C11H10N2O3/c1-6(14)7-2-3-9-8(4-7)5-10(15)13(9)11(12)16/h2-5,15H,1H3,(H2,12,16). The molecule has 5 nitrogen and oxygen atoms in total. The quantitative estimate of drug-likeness (QED) is 0.711. The second-order valence-electron chi connectivity index (χ2n) is 3.51. The molecule has 1 heterocycles. The SMILES string of the molecule is CC(=O)c1ccc2c(c1)cc(O)n2C(N)=O. The number of primary amides is 1. The van der Waals surface area contributed by atoms with E-state index in [1.807, 2.05) is 0 Å². The average Bonchev–Trinajstić information content (AvgIpc) is 2.51. The number of aromatic nitrogens is 1. The monoisotopic (exact) mass is 218 g/mol. The molecule has 0 saturated carbocycles. The zero-order valence-electron chi connectivity index (χ0n) is 8.60. The molecule has 82 valence electrons. The maximum Gasteiger partial charge on any atom is 0.326 e. The van der Waals surface area contributed by atoms with Gasteiger partial charge in [0.15, 0.2) is 11.7 Å². The number of carbonyl (C=O) groups is 2. The van der Waals surface area contributed by atoms with Gasteiger partial charge in [-0.05, 0) is 25.1 Å². The van der Waals surface area contributed by atoms with Gasteiger partial charge in [0.1, 0.15) is 0 Å². The van der Waals surface area contributed by atoms with E-state index < -0.39 is 6.03 Å². The maximum atomic E-state index is 11.2. The van der Waals surface area contributed by atoms with Gasteiger partial charge in [0.2, 0.25) is 0 Å². The third-order valence-electron chi connectivity index (χ3n) is 2.41. The molecule has 0 bridgehead atoms. The lowest BCUT2D eigenvalue weighted by Gasteiger charge is -2.01. The number of hydrogen-bond acceptors (Lipinski definition) is 3. The number of nitrogens with two attached hydrogens (primary N) is 1. The molecule has 3 N–H and O–H groups in total. The van der Waals surface area contributed by atoms with Crippen molar-refractivity contribution >= 4 is 22.7 Å². The van der Waals surface area contributed by atoms with Crippen LogP contribution in [-0.2, 0) is 0 Å². The molecule has 0 spiro atoms. The molecule has 0 aliphatic carbocycles. The molecular weight excluding hydrogens is 208 g/mol. The van der Waals surface area contributed by atoms with E-state index in [9.17, 15) is 14.7 Å². The molecule has 0 aliphatic heterocycles. The van der Waals surface area contributed by atoms with Crippen molar-refractivity contribution < 1.29 is 14.7 Å². The Bertz CT molecular complexity index is 599. The van der Waals surface area contributed by atoms with Gasteiger partial charge in [-0.15, -0.1) is 0 Å². The number of Topliss-reactive ketones (excluding diaryl/α,β-unsaturated/α-hetero) is 1. The maximum absolute atomic E-state index is 11.2. The molecule has 1 aromatic carbocycles. The number of hydrogen-bond donors (Lipinski definition) is 2. The molecule has 16 heavy (non-hydrogen) atoms. The molecule has 0 saturated heterocycles. The van der Waals surface area contributed by atoms with Gasteiger partial charge in [-0.3, -0.25) is 4.79 Å². The largest absolute Gasteiger partial charge is 0.494 e. The van der Waals surface area contributed by atoms with E-state index >= 15 is 0 Å². The van der Waals surface area contributed by atoms with Gasteiger partial charge >= 0.3 is 6.03 Å². The van der Waals surface area contributed by atoms with Gasteiger partial charge in [-0.25, -0.2) is 9.36 Å². The van der Waals surface area contributed by atoms with Gasteiger partial charge in [0, 0.05) is 17.0 Å². The first-order valence-corrected chi connectivity index (χ1v) is 4.66. The minimum Gasteiger partial charge on any atom is -0.494 e. The van der Waals surface area contributed by atoms with Crippen LogP contribution in [0.25, 0.3) is 10.9 Å². The lowest BCUT2D eigenvalue weighted by atomic mass is 10.1. The Balaban J connectivity index is 2.75. The number of benzene rings is 1. The summed E-state index contributed by atoms with van der Waals surface area (Å²) in [5.41, 5.74) is 6.12. The number of amides is 1. The molecule has 0 atom stereocenters. The van der Waals surface area contributed by atoms with Crippen molar-refractivity contribution in [1.29, 1.82) is 0 Å². The predicted molar refractivity (Wildman–Crippen MR) is 58.6 cm³/mol. The van der Waals surface area contributed by atoms with E-state index in [-0.39, 0.29) is 11.7 Å². The molecule has 1 aromatic heterocycles. The number of nitrogens with zero attached hydrogens (tertiary/aromatic N) is 1. The van der Waals surface area contributed by atoms with Crippen LogP contribution in [0.3, 0.4) is 0 Å². The van der Waals surface area contributed by atoms with Crippen LogP contribution in [0.15, 0.2) is 24.3 Å². The highest BCUT2D eigenvalue weighted by molar-refractivity contribution is 6.00. The van der Waals surface area contributed by atoms with E-state index in [4.69, 9.17) is 5.73 Å². The van der Waals surface area contributed by atoms with Gasteiger partial charge in [-0.1, -0.05) is 0 Å². The smallest absolute Gasteiger partial charge is 0.326 e. The Labute approximate surface area is 91.1 Å². The van der Waals surface area contributed by atoms with E-state index in [2.05, 4.69) is 0 Å². The van der Waals surface area contributed by atoms with Crippen molar-refractivity contribution in [2.75, 3.05) is 0 Å². The highest BCUT2D eigenvalue weighted by Crippen LogP contribution is 2.25. The third kappa shape index (κ3) is 1.42. The number of aromatic hydroxyl groups is 1. The summed E-state index contributed by atoms with van der Waals surface area (Å²) >= 11 is 0. The predicted octanol–water partition coefficient (Wildman–Crippen LogP) is 1.48. The van der Waals surface area contributed by atoms with Crippen LogP contribution in [0.5, 0.6) is 5.88 Å². The lowest BCUT2D eigenvalue weighted by Crippen LogP contribution is -2.18. The first-order chi connectivity index (χ1) is 7.50. The Morgan fingerprint density at radius 3 is 2.56 bits per heavy atom. The summed E-state index contributed by atoms with van der Waals surface area (Å²) in [5.74, 6) is -0.309. The van der Waals surface area contributed by atoms with Gasteiger partial charge in [-0.2, -0.15) is 0 Å². The summed E-state index contributed by atoms with van der Waals surface area (Å²) in [6, 6.07) is 5.41. The molecule has 0 unspecified atom stereocenters. The Morgan fingerprint density at radius 1 is 1.31 bits per heavy atom. The van der Waals surface area contributed by atoms with Crippen LogP contribution in [0, 0.1) is 0 Å². The summed E-state index contributed by atoms with van der Waals surface area (Å²) in [6.07, 6.45) is 0. The molecule has 2 aromatic rings. The molecule has 0 fully saturated rings. The van der Waals surface area contributed by atoms with Crippen molar-refractivity contribution in [3.63, 3.8) is 0 Å². The Hall–Kier alpha value is -2.30. The van der Waals surface area contributed by atoms with E-state index in [1.165, 1.54) is 13.0 Å². The number of ketones is 1. The second-order valence-corrected chi connectivity index (χ2v) is 3.51. The summed E-state index contributed by atoms with van der Waals surface area (Å²) in [5, 5.41) is 10.1. The zero-order chi connectivity index (χ0) is 11.9. The molecule has 5 heteroatoms. The Kier molecular flexibility index (Phi) is 2.16. The van der Waals surface area contributed by atoms with E-state index in [0.717, 1.165) is 4.57 Å². The zero-order valence-corrected chi connectivity index (χ0v) is 8.60. The van der Waals surface area contributed by atoms with Crippen molar-refractivity contribution in [2.45, 2.75) is 6.92 Å². The average molecular weight is 218 g/mol. The molecular formula is C11H10N2O3. The van der Waals surface area contributed by atoms with Crippen LogP contribution in [-0.4, -0.2) is 21.5 Å². The van der Waals surface area contributed by atoms with Crippen LogP contribution in [0.4, 0.5) is 4.79 Å². The van der Waals surface area contributed by atoms with Gasteiger partial charge in [0.05, 0.1) is 5.52 Å². The van der Waals surface area contributed by atoms with E-state index in [1.54, 1.807) is 18.2 Å². The van der Waals surface area contributed by atoms with Crippen LogP contribution < -0.4 is 5.73 Å². The molecule has 2 rings (SSSR count).